The number of hydrogen-bond donors (Lipinski definition) is 8. The number of ether oxygens (including phenoxy) is 2. The summed E-state index contributed by atoms with van der Waals surface area (Å²) in [4.78, 5) is 12.9. The lowest BCUT2D eigenvalue weighted by molar-refractivity contribution is -0.303. The molecule has 1 amide bonds. The molecule has 57 heavy (non-hydrogen) atoms. The summed E-state index contributed by atoms with van der Waals surface area (Å²) in [7, 11) is 0. The monoisotopic (exact) mass is 818 g/mol. The second-order valence-electron chi connectivity index (χ2n) is 17.2. The van der Waals surface area contributed by atoms with Gasteiger partial charge in [0.15, 0.2) is 6.29 Å². The van der Waals surface area contributed by atoms with Crippen molar-refractivity contribution >= 4 is 5.91 Å². The van der Waals surface area contributed by atoms with Gasteiger partial charge in [0.05, 0.1) is 25.4 Å². The summed E-state index contributed by atoms with van der Waals surface area (Å²) >= 11 is 0. The van der Waals surface area contributed by atoms with Crippen molar-refractivity contribution in [2.24, 2.45) is 0 Å². The van der Waals surface area contributed by atoms with E-state index < -0.39 is 74.2 Å². The van der Waals surface area contributed by atoms with Gasteiger partial charge in [0.1, 0.15) is 36.6 Å². The van der Waals surface area contributed by atoms with Crippen LogP contribution in [0.4, 0.5) is 0 Å². The highest BCUT2D eigenvalue weighted by Crippen LogP contribution is 2.23. The lowest BCUT2D eigenvalue weighted by Crippen LogP contribution is -2.60. The largest absolute Gasteiger partial charge is 0.394 e. The Kier molecular flexibility index (Phi) is 35.1. The molecular formula is C46H91NO10. The standard InChI is InChI=1S/C46H91NO10/c1-3-5-7-8-9-10-11-12-13-14-15-16-17-18-19-20-21-22-23-24-25-26-27-28-29-30-31-32-34-39(50)45(55)47-37(41(51)38(49)33-6-4-2)36-56-46-44(54)43(53)42(52)40(35-48)57-46/h37-44,46,48-54H,3-36H2,1-2H3,(H,47,55). The molecule has 11 nitrogen and oxygen atoms in total. The first-order chi connectivity index (χ1) is 27.7. The highest BCUT2D eigenvalue weighted by atomic mass is 16.7. The summed E-state index contributed by atoms with van der Waals surface area (Å²) in [6.07, 6.45) is 27.7. The maximum atomic E-state index is 12.9. The molecule has 1 rings (SSSR count). The van der Waals surface area contributed by atoms with E-state index in [4.69, 9.17) is 9.47 Å². The van der Waals surface area contributed by atoms with E-state index in [1.807, 2.05) is 6.92 Å². The number of rotatable bonds is 40. The molecular weight excluding hydrogens is 727 g/mol. The number of carbonyl (C=O) groups excluding carboxylic acids is 1. The van der Waals surface area contributed by atoms with Crippen LogP contribution in [0.5, 0.6) is 0 Å². The van der Waals surface area contributed by atoms with Crippen LogP contribution in [0.1, 0.15) is 219 Å². The topological polar surface area (TPSA) is 189 Å². The molecule has 8 N–H and O–H groups in total. The zero-order valence-electron chi connectivity index (χ0n) is 36.6. The van der Waals surface area contributed by atoms with Crippen LogP contribution in [0.25, 0.3) is 0 Å². The van der Waals surface area contributed by atoms with Gasteiger partial charge in [0.2, 0.25) is 5.91 Å². The van der Waals surface area contributed by atoms with Crippen molar-refractivity contribution in [3.8, 4) is 0 Å². The fraction of sp³-hybridized carbons (Fsp3) is 0.978. The minimum absolute atomic E-state index is 0.264. The molecule has 0 aromatic heterocycles. The first kappa shape index (κ1) is 54.1. The molecule has 9 atom stereocenters. The van der Waals surface area contributed by atoms with E-state index in [0.29, 0.717) is 12.8 Å². The molecule has 0 saturated carbocycles. The zero-order chi connectivity index (χ0) is 41.9. The minimum Gasteiger partial charge on any atom is -0.394 e. The zero-order valence-corrected chi connectivity index (χ0v) is 36.6. The Hall–Kier alpha value is -0.890. The highest BCUT2D eigenvalue weighted by Gasteiger charge is 2.44. The average molecular weight is 818 g/mol. The fourth-order valence-corrected chi connectivity index (χ4v) is 7.90. The van der Waals surface area contributed by atoms with Gasteiger partial charge >= 0.3 is 0 Å². The molecule has 1 aliphatic rings. The number of hydrogen-bond acceptors (Lipinski definition) is 10. The number of nitrogens with one attached hydrogen (secondary N) is 1. The molecule has 9 unspecified atom stereocenters. The van der Waals surface area contributed by atoms with Crippen LogP contribution >= 0.6 is 0 Å². The number of carbonyl (C=O) groups is 1. The second kappa shape index (κ2) is 36.9. The van der Waals surface area contributed by atoms with Gasteiger partial charge in [-0.05, 0) is 12.8 Å². The van der Waals surface area contributed by atoms with Crippen LogP contribution in [0.2, 0.25) is 0 Å². The van der Waals surface area contributed by atoms with E-state index in [1.54, 1.807) is 0 Å². The van der Waals surface area contributed by atoms with Gasteiger partial charge in [-0.3, -0.25) is 4.79 Å². The Labute approximate surface area is 348 Å². The van der Waals surface area contributed by atoms with Gasteiger partial charge < -0.3 is 50.5 Å². The number of aliphatic hydroxyl groups is 7. The van der Waals surface area contributed by atoms with Crippen molar-refractivity contribution in [3.05, 3.63) is 0 Å². The third-order valence-corrected chi connectivity index (χ3v) is 11.9. The van der Waals surface area contributed by atoms with Crippen LogP contribution in [-0.2, 0) is 14.3 Å². The Morgan fingerprint density at radius 2 is 0.930 bits per heavy atom. The van der Waals surface area contributed by atoms with Crippen molar-refractivity contribution in [2.75, 3.05) is 13.2 Å². The molecule has 1 saturated heterocycles. The second-order valence-corrected chi connectivity index (χ2v) is 17.2. The van der Waals surface area contributed by atoms with Crippen molar-refractivity contribution in [2.45, 2.75) is 274 Å². The molecule has 0 bridgehead atoms. The number of unbranched alkanes of at least 4 members (excludes halogenated alkanes) is 28. The van der Waals surface area contributed by atoms with Gasteiger partial charge in [-0.25, -0.2) is 0 Å². The van der Waals surface area contributed by atoms with Crippen molar-refractivity contribution < 1.29 is 50.0 Å². The van der Waals surface area contributed by atoms with E-state index in [0.717, 1.165) is 25.7 Å². The molecule has 0 radical (unpaired) electrons. The molecule has 0 aromatic rings. The molecule has 1 aliphatic heterocycles. The lowest BCUT2D eigenvalue weighted by atomic mass is 9.99. The normalized spacial score (nSPS) is 22.0. The molecule has 0 aliphatic carbocycles. The number of amides is 1. The highest BCUT2D eigenvalue weighted by molar-refractivity contribution is 5.80. The van der Waals surface area contributed by atoms with Crippen LogP contribution < -0.4 is 5.32 Å². The number of aliphatic hydroxyl groups excluding tert-OH is 7. The van der Waals surface area contributed by atoms with Crippen LogP contribution in [0, 0.1) is 0 Å². The minimum atomic E-state index is -1.65. The lowest BCUT2D eigenvalue weighted by Gasteiger charge is -2.40. The first-order valence-electron chi connectivity index (χ1n) is 23.9. The average Bonchev–Trinajstić information content (AvgIpc) is 3.21. The molecule has 340 valence electrons. The van der Waals surface area contributed by atoms with Gasteiger partial charge in [-0.15, -0.1) is 0 Å². The van der Waals surface area contributed by atoms with E-state index in [-0.39, 0.29) is 12.8 Å². The van der Waals surface area contributed by atoms with Crippen molar-refractivity contribution in [3.63, 3.8) is 0 Å². The molecule has 0 spiro atoms. The van der Waals surface area contributed by atoms with Crippen LogP contribution in [-0.4, -0.2) is 110 Å². The van der Waals surface area contributed by atoms with Crippen molar-refractivity contribution in [1.82, 2.24) is 5.32 Å². The predicted molar refractivity (Wildman–Crippen MR) is 229 cm³/mol. The van der Waals surface area contributed by atoms with E-state index in [9.17, 15) is 40.5 Å². The quantitative estimate of drug-likeness (QED) is 0.0283. The summed E-state index contributed by atoms with van der Waals surface area (Å²) in [6, 6.07) is -1.16. The van der Waals surface area contributed by atoms with Crippen LogP contribution in [0.15, 0.2) is 0 Å². The molecule has 1 heterocycles. The summed E-state index contributed by atoms with van der Waals surface area (Å²) in [5.74, 6) is -0.704. The third kappa shape index (κ3) is 26.8. The third-order valence-electron chi connectivity index (χ3n) is 11.9. The van der Waals surface area contributed by atoms with Gasteiger partial charge in [-0.2, -0.15) is 0 Å². The van der Waals surface area contributed by atoms with E-state index >= 15 is 0 Å². The SMILES string of the molecule is CCCCCCCCCCCCCCCCCCCCCCCCCCCCCCC(O)C(=O)NC(COC1OC(CO)C(O)C(O)C1O)C(O)C(O)CCCC. The maximum Gasteiger partial charge on any atom is 0.249 e. The Morgan fingerprint density at radius 1 is 0.544 bits per heavy atom. The van der Waals surface area contributed by atoms with Crippen LogP contribution in [0.3, 0.4) is 0 Å². The fourth-order valence-electron chi connectivity index (χ4n) is 7.90. The Bertz CT molecular complexity index is 897. The first-order valence-corrected chi connectivity index (χ1v) is 23.9. The maximum absolute atomic E-state index is 12.9. The molecule has 1 fully saturated rings. The molecule has 11 heteroatoms. The summed E-state index contributed by atoms with van der Waals surface area (Å²) in [5.41, 5.74) is 0. The Balaban J connectivity index is 2.07. The van der Waals surface area contributed by atoms with Gasteiger partial charge in [0, 0.05) is 0 Å². The van der Waals surface area contributed by atoms with Gasteiger partial charge in [0.25, 0.3) is 0 Å². The summed E-state index contributed by atoms with van der Waals surface area (Å²) in [5, 5.41) is 74.4. The van der Waals surface area contributed by atoms with Gasteiger partial charge in [-0.1, -0.05) is 206 Å². The van der Waals surface area contributed by atoms with Crippen molar-refractivity contribution in [1.29, 1.82) is 0 Å². The Morgan fingerprint density at radius 3 is 1.32 bits per heavy atom. The van der Waals surface area contributed by atoms with E-state index in [2.05, 4.69) is 12.2 Å². The summed E-state index contributed by atoms with van der Waals surface area (Å²) < 4.78 is 10.9. The smallest absolute Gasteiger partial charge is 0.249 e. The predicted octanol–water partition coefficient (Wildman–Crippen LogP) is 7.89. The molecule has 0 aromatic carbocycles. The van der Waals surface area contributed by atoms with E-state index in [1.165, 1.54) is 154 Å². The summed E-state index contributed by atoms with van der Waals surface area (Å²) in [6.45, 7) is 3.18.